The average molecular weight is 396 g/mol. The van der Waals surface area contributed by atoms with Crippen molar-refractivity contribution in [2.75, 3.05) is 19.6 Å². The molecule has 1 aromatic carbocycles. The van der Waals surface area contributed by atoms with E-state index < -0.39 is 15.9 Å². The van der Waals surface area contributed by atoms with Gasteiger partial charge in [0.15, 0.2) is 0 Å². The molecule has 2 unspecified atom stereocenters. The van der Waals surface area contributed by atoms with Crippen molar-refractivity contribution >= 4 is 21.8 Å². The van der Waals surface area contributed by atoms with Crippen molar-refractivity contribution in [1.29, 1.82) is 0 Å². The summed E-state index contributed by atoms with van der Waals surface area (Å²) in [5.41, 5.74) is 5.54. The highest BCUT2D eigenvalue weighted by Gasteiger charge is 2.32. The fourth-order valence-corrected chi connectivity index (χ4v) is 5.22. The maximum atomic E-state index is 12.9. The molecule has 1 fully saturated rings. The molecule has 27 heavy (non-hydrogen) atoms. The van der Waals surface area contributed by atoms with Crippen LogP contribution in [0.2, 0.25) is 0 Å². The van der Waals surface area contributed by atoms with Gasteiger partial charge in [0.1, 0.15) is 0 Å². The summed E-state index contributed by atoms with van der Waals surface area (Å²) in [6.07, 6.45) is 1.02. The maximum Gasteiger partial charge on any atom is 0.254 e. The molecular formula is C19H29N3O4S. The summed E-state index contributed by atoms with van der Waals surface area (Å²) < 4.78 is 27.4. The van der Waals surface area contributed by atoms with Gasteiger partial charge in [0.25, 0.3) is 5.91 Å². The van der Waals surface area contributed by atoms with Crippen molar-refractivity contribution in [3.8, 4) is 0 Å². The van der Waals surface area contributed by atoms with Gasteiger partial charge < -0.3 is 10.6 Å². The molecule has 8 heteroatoms. The largest absolute Gasteiger partial charge is 0.368 e. The first-order valence-corrected chi connectivity index (χ1v) is 10.7. The number of nitrogens with zero attached hydrogens (tertiary/aromatic N) is 2. The minimum Gasteiger partial charge on any atom is -0.368 e. The van der Waals surface area contributed by atoms with Crippen molar-refractivity contribution < 1.29 is 18.0 Å². The van der Waals surface area contributed by atoms with Crippen LogP contribution in [0.1, 0.15) is 44.5 Å². The lowest BCUT2D eigenvalue weighted by Gasteiger charge is -2.34. The second-order valence-corrected chi connectivity index (χ2v) is 9.72. The topological polar surface area (TPSA) is 101 Å². The van der Waals surface area contributed by atoms with Gasteiger partial charge in [0.2, 0.25) is 15.9 Å². The number of piperidine rings is 1. The van der Waals surface area contributed by atoms with E-state index in [4.69, 9.17) is 5.73 Å². The van der Waals surface area contributed by atoms with Crippen molar-refractivity contribution in [2.45, 2.75) is 45.1 Å². The lowest BCUT2D eigenvalue weighted by atomic mass is 9.94. The monoisotopic (exact) mass is 395 g/mol. The number of carbonyl (C=O) groups is 2. The number of hydrogen-bond donors (Lipinski definition) is 1. The molecule has 1 aliphatic heterocycles. The molecule has 1 saturated heterocycles. The maximum absolute atomic E-state index is 12.9. The van der Waals surface area contributed by atoms with Crippen molar-refractivity contribution in [1.82, 2.24) is 9.21 Å². The first kappa shape index (κ1) is 21.4. The Kier molecular flexibility index (Phi) is 6.64. The highest BCUT2D eigenvalue weighted by Crippen LogP contribution is 2.27. The molecule has 1 aromatic rings. The Hall–Kier alpha value is -1.93. The minimum absolute atomic E-state index is 0.173. The van der Waals surface area contributed by atoms with Crippen LogP contribution in [0.15, 0.2) is 29.2 Å². The molecule has 0 aliphatic carbocycles. The molecule has 0 radical (unpaired) electrons. The zero-order valence-electron chi connectivity index (χ0n) is 16.4. The van der Waals surface area contributed by atoms with E-state index in [2.05, 4.69) is 13.8 Å². The van der Waals surface area contributed by atoms with Crippen LogP contribution >= 0.6 is 0 Å². The number of rotatable bonds is 6. The number of primary amides is 1. The van der Waals surface area contributed by atoms with Crippen molar-refractivity contribution in [3.63, 3.8) is 0 Å². The van der Waals surface area contributed by atoms with Gasteiger partial charge in [-0.1, -0.05) is 13.8 Å². The molecule has 2 amide bonds. The van der Waals surface area contributed by atoms with E-state index in [-0.39, 0.29) is 23.4 Å². The first-order valence-electron chi connectivity index (χ1n) is 9.21. The third-order valence-corrected chi connectivity index (χ3v) is 6.63. The standard InChI is InChI=1S/C19H29N3O4S/c1-13(2)22(12-18(20)23)19(24)16-5-7-17(8-6-16)27(25,26)21-10-14(3)9-15(4)11-21/h5-8,13-15H,9-12H2,1-4H3,(H2,20,23). The fraction of sp³-hybridized carbons (Fsp3) is 0.579. The number of hydrogen-bond acceptors (Lipinski definition) is 4. The van der Waals surface area contributed by atoms with Gasteiger partial charge in [-0.25, -0.2) is 8.42 Å². The molecule has 1 aliphatic rings. The van der Waals surface area contributed by atoms with Gasteiger partial charge in [-0.2, -0.15) is 4.31 Å². The van der Waals surface area contributed by atoms with Crippen LogP contribution < -0.4 is 5.73 Å². The van der Waals surface area contributed by atoms with E-state index in [9.17, 15) is 18.0 Å². The zero-order valence-corrected chi connectivity index (χ0v) is 17.2. The molecule has 7 nitrogen and oxygen atoms in total. The summed E-state index contributed by atoms with van der Waals surface area (Å²) in [6.45, 7) is 8.52. The number of sulfonamides is 1. The van der Waals surface area contributed by atoms with Crippen LogP contribution in [0.25, 0.3) is 0 Å². The normalized spacial score (nSPS) is 21.2. The molecular weight excluding hydrogens is 366 g/mol. The SMILES string of the molecule is CC1CC(C)CN(S(=O)(=O)c2ccc(C(=O)N(CC(N)=O)C(C)C)cc2)C1. The lowest BCUT2D eigenvalue weighted by Crippen LogP contribution is -2.43. The smallest absolute Gasteiger partial charge is 0.254 e. The average Bonchev–Trinajstić information content (AvgIpc) is 2.58. The third kappa shape index (κ3) is 5.07. The Labute approximate surface area is 161 Å². The second kappa shape index (κ2) is 8.39. The van der Waals surface area contributed by atoms with E-state index in [0.717, 1.165) is 6.42 Å². The lowest BCUT2D eigenvalue weighted by molar-refractivity contribution is -0.119. The Morgan fingerprint density at radius 2 is 1.67 bits per heavy atom. The molecule has 2 atom stereocenters. The van der Waals surface area contributed by atoms with E-state index in [1.165, 1.54) is 33.5 Å². The number of benzene rings is 1. The van der Waals surface area contributed by atoms with Crippen LogP contribution in [-0.4, -0.2) is 55.1 Å². The van der Waals surface area contributed by atoms with Gasteiger partial charge in [-0.05, 0) is 56.4 Å². The zero-order chi connectivity index (χ0) is 20.4. The molecule has 0 bridgehead atoms. The van der Waals surface area contributed by atoms with E-state index >= 15 is 0 Å². The van der Waals surface area contributed by atoms with E-state index in [1.54, 1.807) is 13.8 Å². The van der Waals surface area contributed by atoms with Crippen LogP contribution in [0.4, 0.5) is 0 Å². The molecule has 0 spiro atoms. The fourth-order valence-electron chi connectivity index (χ4n) is 3.54. The van der Waals surface area contributed by atoms with Gasteiger partial charge in [-0.3, -0.25) is 9.59 Å². The minimum atomic E-state index is -3.59. The summed E-state index contributed by atoms with van der Waals surface area (Å²) in [7, 11) is -3.59. The summed E-state index contributed by atoms with van der Waals surface area (Å²) in [6, 6.07) is 5.68. The van der Waals surface area contributed by atoms with Crippen molar-refractivity contribution in [3.05, 3.63) is 29.8 Å². The van der Waals surface area contributed by atoms with Gasteiger partial charge in [0, 0.05) is 24.7 Å². The van der Waals surface area contributed by atoms with Crippen LogP contribution in [0, 0.1) is 11.8 Å². The van der Waals surface area contributed by atoms with Gasteiger partial charge in [-0.15, -0.1) is 0 Å². The Morgan fingerprint density at radius 3 is 2.11 bits per heavy atom. The number of nitrogens with two attached hydrogens (primary N) is 1. The van der Waals surface area contributed by atoms with Crippen molar-refractivity contribution in [2.24, 2.45) is 17.6 Å². The quantitative estimate of drug-likeness (QED) is 0.792. The second-order valence-electron chi connectivity index (χ2n) is 7.79. The molecule has 0 aromatic heterocycles. The molecule has 2 rings (SSSR count). The molecule has 2 N–H and O–H groups in total. The first-order chi connectivity index (χ1) is 12.5. The van der Waals surface area contributed by atoms with Gasteiger partial charge in [0.05, 0.1) is 11.4 Å². The Morgan fingerprint density at radius 1 is 1.15 bits per heavy atom. The van der Waals surface area contributed by atoms with E-state index in [0.29, 0.717) is 30.5 Å². The highest BCUT2D eigenvalue weighted by atomic mass is 32.2. The summed E-state index contributed by atoms with van der Waals surface area (Å²) in [5.74, 6) is -0.312. The molecule has 1 heterocycles. The van der Waals surface area contributed by atoms with Crippen LogP contribution in [-0.2, 0) is 14.8 Å². The molecule has 150 valence electrons. The van der Waals surface area contributed by atoms with Gasteiger partial charge >= 0.3 is 0 Å². The van der Waals surface area contributed by atoms with E-state index in [1.807, 2.05) is 0 Å². The van der Waals surface area contributed by atoms with Crippen LogP contribution in [0.5, 0.6) is 0 Å². The Bertz CT molecular complexity index is 780. The van der Waals surface area contributed by atoms with Crippen LogP contribution in [0.3, 0.4) is 0 Å². The number of amides is 2. The number of carbonyl (C=O) groups excluding carboxylic acids is 2. The summed E-state index contributed by atoms with van der Waals surface area (Å²) in [4.78, 5) is 25.4. The molecule has 0 saturated carbocycles. The third-order valence-electron chi connectivity index (χ3n) is 4.78. The predicted molar refractivity (Wildman–Crippen MR) is 104 cm³/mol. The highest BCUT2D eigenvalue weighted by molar-refractivity contribution is 7.89. The Balaban J connectivity index is 2.23. The summed E-state index contributed by atoms with van der Waals surface area (Å²) in [5, 5.41) is 0. The summed E-state index contributed by atoms with van der Waals surface area (Å²) >= 11 is 0. The predicted octanol–water partition coefficient (Wildman–Crippen LogP) is 1.69.